The van der Waals surface area contributed by atoms with Crippen LogP contribution in [-0.4, -0.2) is 15.0 Å². The summed E-state index contributed by atoms with van der Waals surface area (Å²) in [6, 6.07) is 1.89. The van der Waals surface area contributed by atoms with Crippen LogP contribution in [0.4, 0.5) is 11.8 Å². The molecule has 3 N–H and O–H groups in total. The van der Waals surface area contributed by atoms with E-state index in [0.717, 1.165) is 36.6 Å². The van der Waals surface area contributed by atoms with Gasteiger partial charge in [0.15, 0.2) is 0 Å². The predicted molar refractivity (Wildman–Crippen MR) is 79.4 cm³/mol. The molecule has 0 unspecified atom stereocenters. The summed E-state index contributed by atoms with van der Waals surface area (Å²) in [6.07, 6.45) is 2.17. The van der Waals surface area contributed by atoms with Gasteiger partial charge in [-0.25, -0.2) is 9.97 Å². The average molecular weight is 277 g/mol. The number of anilines is 2. The molecule has 2 aromatic heterocycles. The van der Waals surface area contributed by atoms with Crippen LogP contribution in [-0.2, 0) is 13.0 Å². The number of nitrogens with one attached hydrogen (secondary N) is 1. The molecule has 0 aliphatic carbocycles. The molecule has 19 heavy (non-hydrogen) atoms. The lowest BCUT2D eigenvalue weighted by atomic mass is 10.3. The Hall–Kier alpha value is -1.69. The molecule has 2 rings (SSSR count). The van der Waals surface area contributed by atoms with Gasteiger partial charge in [-0.1, -0.05) is 6.92 Å². The Balaban J connectivity index is 2.05. The van der Waals surface area contributed by atoms with Gasteiger partial charge >= 0.3 is 0 Å². The van der Waals surface area contributed by atoms with E-state index in [4.69, 9.17) is 5.73 Å². The molecule has 0 saturated carbocycles. The second-order valence-electron chi connectivity index (χ2n) is 4.47. The normalized spacial score (nSPS) is 10.7. The highest BCUT2D eigenvalue weighted by Crippen LogP contribution is 2.20. The Labute approximate surface area is 117 Å². The number of thiazole rings is 1. The molecule has 6 heteroatoms. The van der Waals surface area contributed by atoms with Crippen molar-refractivity contribution >= 4 is 23.1 Å². The first-order chi connectivity index (χ1) is 9.08. The van der Waals surface area contributed by atoms with Crippen LogP contribution in [0.5, 0.6) is 0 Å². The van der Waals surface area contributed by atoms with Crippen LogP contribution in [0.2, 0.25) is 0 Å². The molecule has 0 fully saturated rings. The van der Waals surface area contributed by atoms with Crippen molar-refractivity contribution in [2.24, 2.45) is 0 Å². The number of nitrogens with zero attached hydrogens (tertiary/aromatic N) is 3. The maximum atomic E-state index is 5.63. The highest BCUT2D eigenvalue weighted by molar-refractivity contribution is 7.11. The van der Waals surface area contributed by atoms with Crippen molar-refractivity contribution in [3.05, 3.63) is 27.3 Å². The number of aryl methyl sites for hydroxylation is 3. The van der Waals surface area contributed by atoms with Gasteiger partial charge in [0.2, 0.25) is 5.95 Å². The molecule has 102 valence electrons. The number of aromatic nitrogens is 3. The molecule has 2 aromatic rings. The SMILES string of the molecule is CCCc1nc(C)c(CNc2cc(C)nc(N)n2)s1. The third-order valence-electron chi connectivity index (χ3n) is 2.70. The maximum Gasteiger partial charge on any atom is 0.222 e. The number of nitrogen functional groups attached to an aromatic ring is 1. The summed E-state index contributed by atoms with van der Waals surface area (Å²) in [4.78, 5) is 14.0. The first-order valence-corrected chi connectivity index (χ1v) is 7.20. The molecule has 0 atom stereocenters. The van der Waals surface area contributed by atoms with Gasteiger partial charge in [0.05, 0.1) is 17.2 Å². The highest BCUT2D eigenvalue weighted by atomic mass is 32.1. The van der Waals surface area contributed by atoms with Gasteiger partial charge in [-0.2, -0.15) is 4.98 Å². The zero-order chi connectivity index (χ0) is 13.8. The van der Waals surface area contributed by atoms with Crippen LogP contribution in [0, 0.1) is 13.8 Å². The van der Waals surface area contributed by atoms with E-state index in [-0.39, 0.29) is 0 Å². The Morgan fingerprint density at radius 1 is 1.26 bits per heavy atom. The zero-order valence-electron chi connectivity index (χ0n) is 11.5. The van der Waals surface area contributed by atoms with Crippen LogP contribution >= 0.6 is 11.3 Å². The van der Waals surface area contributed by atoms with Crippen molar-refractivity contribution in [3.8, 4) is 0 Å². The third kappa shape index (κ3) is 3.64. The van der Waals surface area contributed by atoms with Crippen molar-refractivity contribution in [1.29, 1.82) is 0 Å². The molecule has 0 radical (unpaired) electrons. The number of hydrogen-bond donors (Lipinski definition) is 2. The van der Waals surface area contributed by atoms with Crippen molar-refractivity contribution in [2.75, 3.05) is 11.1 Å². The lowest BCUT2D eigenvalue weighted by Crippen LogP contribution is -2.05. The molecule has 0 saturated heterocycles. The van der Waals surface area contributed by atoms with Crippen molar-refractivity contribution in [3.63, 3.8) is 0 Å². The molecular formula is C13H19N5S. The largest absolute Gasteiger partial charge is 0.368 e. The van der Waals surface area contributed by atoms with Gasteiger partial charge in [0.25, 0.3) is 0 Å². The van der Waals surface area contributed by atoms with Gasteiger partial charge in [-0.15, -0.1) is 11.3 Å². The van der Waals surface area contributed by atoms with Crippen molar-refractivity contribution in [2.45, 2.75) is 40.2 Å². The van der Waals surface area contributed by atoms with Crippen LogP contribution in [0.3, 0.4) is 0 Å². The molecule has 0 aliphatic heterocycles. The summed E-state index contributed by atoms with van der Waals surface area (Å²) in [7, 11) is 0. The predicted octanol–water partition coefficient (Wildman–Crippen LogP) is 2.70. The Kier molecular flexibility index (Phi) is 4.31. The first kappa shape index (κ1) is 13.7. The molecule has 2 heterocycles. The van der Waals surface area contributed by atoms with E-state index in [1.54, 1.807) is 11.3 Å². The molecular weight excluding hydrogens is 258 g/mol. The second kappa shape index (κ2) is 5.97. The number of nitrogens with two attached hydrogens (primary N) is 1. The fraction of sp³-hybridized carbons (Fsp3) is 0.462. The summed E-state index contributed by atoms with van der Waals surface area (Å²) in [6.45, 7) is 6.84. The van der Waals surface area contributed by atoms with E-state index < -0.39 is 0 Å². The summed E-state index contributed by atoms with van der Waals surface area (Å²) in [5.74, 6) is 1.06. The second-order valence-corrected chi connectivity index (χ2v) is 5.64. The molecule has 0 aliphatic rings. The number of hydrogen-bond acceptors (Lipinski definition) is 6. The van der Waals surface area contributed by atoms with Crippen LogP contribution in [0.1, 0.15) is 34.6 Å². The van der Waals surface area contributed by atoms with Crippen LogP contribution in [0.15, 0.2) is 6.07 Å². The minimum atomic E-state index is 0.301. The van der Waals surface area contributed by atoms with Gasteiger partial charge in [0, 0.05) is 16.6 Å². The molecule has 0 spiro atoms. The fourth-order valence-corrected chi connectivity index (χ4v) is 2.94. The topological polar surface area (TPSA) is 76.7 Å². The monoisotopic (exact) mass is 277 g/mol. The van der Waals surface area contributed by atoms with Crippen molar-refractivity contribution < 1.29 is 0 Å². The molecule has 0 bridgehead atoms. The lowest BCUT2D eigenvalue weighted by Gasteiger charge is -2.05. The van der Waals surface area contributed by atoms with E-state index in [2.05, 4.69) is 27.2 Å². The molecule has 0 amide bonds. The quantitative estimate of drug-likeness (QED) is 0.878. The molecule has 5 nitrogen and oxygen atoms in total. The van der Waals surface area contributed by atoms with Gasteiger partial charge in [0.1, 0.15) is 5.82 Å². The third-order valence-corrected chi connectivity index (χ3v) is 3.92. The fourth-order valence-electron chi connectivity index (χ4n) is 1.83. The Bertz CT molecular complexity index is 544. The van der Waals surface area contributed by atoms with E-state index in [0.29, 0.717) is 5.95 Å². The lowest BCUT2D eigenvalue weighted by molar-refractivity contribution is 0.902. The van der Waals surface area contributed by atoms with Crippen molar-refractivity contribution in [1.82, 2.24) is 15.0 Å². The Morgan fingerprint density at radius 2 is 2.05 bits per heavy atom. The minimum Gasteiger partial charge on any atom is -0.368 e. The van der Waals surface area contributed by atoms with Crippen LogP contribution in [0.25, 0.3) is 0 Å². The molecule has 0 aromatic carbocycles. The minimum absolute atomic E-state index is 0.301. The highest BCUT2D eigenvalue weighted by Gasteiger charge is 2.07. The average Bonchev–Trinajstić information content (AvgIpc) is 2.66. The van der Waals surface area contributed by atoms with Crippen LogP contribution < -0.4 is 11.1 Å². The standard InChI is InChI=1S/C13H19N5S/c1-4-5-12-17-9(3)10(19-12)7-15-11-6-8(2)16-13(14)18-11/h6H,4-5,7H2,1-3H3,(H3,14,15,16,18). The smallest absolute Gasteiger partial charge is 0.222 e. The summed E-state index contributed by atoms with van der Waals surface area (Å²) in [5, 5.41) is 4.48. The van der Waals surface area contributed by atoms with E-state index >= 15 is 0 Å². The summed E-state index contributed by atoms with van der Waals surface area (Å²) in [5.41, 5.74) is 7.59. The zero-order valence-corrected chi connectivity index (χ0v) is 12.3. The first-order valence-electron chi connectivity index (χ1n) is 6.38. The van der Waals surface area contributed by atoms with Gasteiger partial charge in [-0.05, 0) is 26.7 Å². The summed E-state index contributed by atoms with van der Waals surface area (Å²) >= 11 is 1.76. The Morgan fingerprint density at radius 3 is 2.74 bits per heavy atom. The van der Waals surface area contributed by atoms with E-state index in [1.807, 2.05) is 19.9 Å². The van der Waals surface area contributed by atoms with Gasteiger partial charge < -0.3 is 11.1 Å². The van der Waals surface area contributed by atoms with E-state index in [1.165, 1.54) is 9.88 Å². The number of rotatable bonds is 5. The van der Waals surface area contributed by atoms with Gasteiger partial charge in [-0.3, -0.25) is 0 Å². The maximum absolute atomic E-state index is 5.63. The summed E-state index contributed by atoms with van der Waals surface area (Å²) < 4.78 is 0. The van der Waals surface area contributed by atoms with E-state index in [9.17, 15) is 0 Å².